The molecule has 7 heteroatoms. The summed E-state index contributed by atoms with van der Waals surface area (Å²) in [5, 5.41) is 12.9. The van der Waals surface area contributed by atoms with Gasteiger partial charge in [-0.2, -0.15) is 4.98 Å². The number of nitrogens with one attached hydrogen (secondary N) is 1. The van der Waals surface area contributed by atoms with Crippen molar-refractivity contribution in [3.8, 4) is 0 Å². The molecule has 0 aliphatic carbocycles. The molecule has 176 valence electrons. The summed E-state index contributed by atoms with van der Waals surface area (Å²) in [7, 11) is 1.00. The standard InChI is InChI=1S/C25H32N6.CH4O/c1-17(2)19-7-8-22(30-12-5-13-30)21-15-27-24(14-20(19)21)28-23-9-10-26-25(29-23)31-11-4-6-18(3)16-31;1-2/h7-10,14-15,17-18H,4-6,11-13,16H2,1-3H3,(H,26,27,28,29);2H,1H3. The molecule has 2 saturated heterocycles. The van der Waals surface area contributed by atoms with Gasteiger partial charge in [0.15, 0.2) is 0 Å². The van der Waals surface area contributed by atoms with Gasteiger partial charge in [0.05, 0.1) is 0 Å². The normalized spacial score (nSPS) is 18.1. The highest BCUT2D eigenvalue weighted by atomic mass is 16.2. The van der Waals surface area contributed by atoms with Crippen molar-refractivity contribution in [3.63, 3.8) is 0 Å². The highest BCUT2D eigenvalue weighted by molar-refractivity contribution is 5.98. The van der Waals surface area contributed by atoms with E-state index < -0.39 is 0 Å². The summed E-state index contributed by atoms with van der Waals surface area (Å²) in [6.45, 7) is 11.1. The molecular weight excluding hydrogens is 412 g/mol. The van der Waals surface area contributed by atoms with E-state index >= 15 is 0 Å². The van der Waals surface area contributed by atoms with Crippen LogP contribution in [0.1, 0.15) is 51.5 Å². The topological polar surface area (TPSA) is 77.4 Å². The fourth-order valence-electron chi connectivity index (χ4n) is 4.72. The minimum absolute atomic E-state index is 0.454. The number of fused-ring (bicyclic) bond motifs is 1. The van der Waals surface area contributed by atoms with Gasteiger partial charge in [0, 0.05) is 56.8 Å². The third-order valence-corrected chi connectivity index (χ3v) is 6.57. The lowest BCUT2D eigenvalue weighted by Crippen LogP contribution is -2.37. The minimum atomic E-state index is 0.454. The van der Waals surface area contributed by atoms with Crippen molar-refractivity contribution in [2.75, 3.05) is 48.4 Å². The van der Waals surface area contributed by atoms with Crippen molar-refractivity contribution < 1.29 is 5.11 Å². The molecule has 0 radical (unpaired) electrons. The van der Waals surface area contributed by atoms with Gasteiger partial charge in [0.25, 0.3) is 0 Å². The number of aliphatic hydroxyl groups excluding tert-OH is 1. The molecule has 2 aromatic heterocycles. The molecule has 5 rings (SSSR count). The quantitative estimate of drug-likeness (QED) is 0.572. The summed E-state index contributed by atoms with van der Waals surface area (Å²) >= 11 is 0. The molecule has 7 nitrogen and oxygen atoms in total. The molecule has 33 heavy (non-hydrogen) atoms. The Morgan fingerprint density at radius 1 is 0.970 bits per heavy atom. The van der Waals surface area contributed by atoms with Crippen molar-refractivity contribution in [3.05, 3.63) is 42.2 Å². The molecule has 2 fully saturated rings. The Morgan fingerprint density at radius 3 is 2.45 bits per heavy atom. The first-order valence-corrected chi connectivity index (χ1v) is 12.1. The number of anilines is 4. The Kier molecular flexibility index (Phi) is 7.28. The number of hydrogen-bond donors (Lipinski definition) is 2. The monoisotopic (exact) mass is 448 g/mol. The number of aromatic nitrogens is 3. The SMILES string of the molecule is CC1CCCN(c2nccc(Nc3cc4c(C(C)C)ccc(N5CCC5)c4cn3)n2)C1.CO. The lowest BCUT2D eigenvalue weighted by atomic mass is 9.95. The molecule has 0 amide bonds. The van der Waals surface area contributed by atoms with Gasteiger partial charge in [-0.3, -0.25) is 0 Å². The van der Waals surface area contributed by atoms with Gasteiger partial charge in [-0.15, -0.1) is 0 Å². The Morgan fingerprint density at radius 2 is 1.76 bits per heavy atom. The van der Waals surface area contributed by atoms with E-state index in [2.05, 4.69) is 59.1 Å². The van der Waals surface area contributed by atoms with Gasteiger partial charge in [0.2, 0.25) is 5.95 Å². The van der Waals surface area contributed by atoms with Crippen LogP contribution in [0.25, 0.3) is 10.8 Å². The predicted octanol–water partition coefficient (Wildman–Crippen LogP) is 4.95. The molecule has 0 spiro atoms. The van der Waals surface area contributed by atoms with Crippen LogP contribution in [0, 0.1) is 5.92 Å². The molecule has 2 N–H and O–H groups in total. The second-order valence-corrected chi connectivity index (χ2v) is 9.34. The fourth-order valence-corrected chi connectivity index (χ4v) is 4.72. The van der Waals surface area contributed by atoms with Crippen LogP contribution in [-0.2, 0) is 0 Å². The third kappa shape index (κ3) is 5.03. The van der Waals surface area contributed by atoms with Gasteiger partial charge in [-0.05, 0) is 60.2 Å². The zero-order valence-electron chi connectivity index (χ0n) is 20.3. The summed E-state index contributed by atoms with van der Waals surface area (Å²) in [4.78, 5) is 18.8. The molecule has 1 atom stereocenters. The molecule has 2 aliphatic rings. The zero-order valence-corrected chi connectivity index (χ0v) is 20.3. The van der Waals surface area contributed by atoms with E-state index in [0.717, 1.165) is 50.9 Å². The summed E-state index contributed by atoms with van der Waals surface area (Å²) < 4.78 is 0. The zero-order chi connectivity index (χ0) is 23.4. The number of aliphatic hydroxyl groups is 1. The Balaban J connectivity index is 0.00000126. The van der Waals surface area contributed by atoms with E-state index in [9.17, 15) is 0 Å². The van der Waals surface area contributed by atoms with Crippen LogP contribution >= 0.6 is 0 Å². The first-order chi connectivity index (χ1) is 16.1. The highest BCUT2D eigenvalue weighted by Crippen LogP contribution is 2.35. The number of nitrogens with zero attached hydrogens (tertiary/aromatic N) is 5. The van der Waals surface area contributed by atoms with Crippen LogP contribution in [0.4, 0.5) is 23.3 Å². The van der Waals surface area contributed by atoms with Crippen molar-refractivity contribution in [1.29, 1.82) is 0 Å². The first-order valence-electron chi connectivity index (χ1n) is 12.1. The fraction of sp³-hybridized carbons (Fsp3) is 0.500. The largest absolute Gasteiger partial charge is 0.400 e. The maximum Gasteiger partial charge on any atom is 0.227 e. The summed E-state index contributed by atoms with van der Waals surface area (Å²) in [5.41, 5.74) is 2.66. The number of pyridine rings is 1. The van der Waals surface area contributed by atoms with Gasteiger partial charge < -0.3 is 20.2 Å². The van der Waals surface area contributed by atoms with Crippen LogP contribution < -0.4 is 15.1 Å². The van der Waals surface area contributed by atoms with E-state index in [4.69, 9.17) is 15.1 Å². The predicted molar refractivity (Wildman–Crippen MR) is 137 cm³/mol. The number of benzene rings is 1. The van der Waals surface area contributed by atoms with Gasteiger partial charge >= 0.3 is 0 Å². The Hall–Kier alpha value is -2.93. The Labute approximate surface area is 196 Å². The van der Waals surface area contributed by atoms with Gasteiger partial charge in [-0.25, -0.2) is 9.97 Å². The molecule has 1 aromatic carbocycles. The summed E-state index contributed by atoms with van der Waals surface area (Å²) in [6.07, 6.45) is 7.61. The van der Waals surface area contributed by atoms with E-state index in [1.807, 2.05) is 18.5 Å². The maximum absolute atomic E-state index is 7.00. The van der Waals surface area contributed by atoms with Gasteiger partial charge in [-0.1, -0.05) is 26.8 Å². The highest BCUT2D eigenvalue weighted by Gasteiger charge is 2.20. The average Bonchev–Trinajstić information content (AvgIpc) is 2.79. The van der Waals surface area contributed by atoms with Crippen LogP contribution in [0.15, 0.2) is 36.7 Å². The van der Waals surface area contributed by atoms with Crippen LogP contribution in [0.3, 0.4) is 0 Å². The van der Waals surface area contributed by atoms with Crippen molar-refractivity contribution in [2.45, 2.75) is 46.0 Å². The second-order valence-electron chi connectivity index (χ2n) is 9.34. The second kappa shape index (κ2) is 10.3. The van der Waals surface area contributed by atoms with Crippen LogP contribution in [0.2, 0.25) is 0 Å². The molecule has 0 saturated carbocycles. The molecule has 2 aliphatic heterocycles. The first kappa shape index (κ1) is 23.2. The lowest BCUT2D eigenvalue weighted by Gasteiger charge is -2.34. The van der Waals surface area contributed by atoms with E-state index in [1.165, 1.54) is 41.3 Å². The van der Waals surface area contributed by atoms with E-state index in [1.54, 1.807) is 0 Å². The molecule has 0 bridgehead atoms. The van der Waals surface area contributed by atoms with Crippen molar-refractivity contribution in [1.82, 2.24) is 15.0 Å². The van der Waals surface area contributed by atoms with E-state index in [0.29, 0.717) is 11.8 Å². The lowest BCUT2D eigenvalue weighted by molar-refractivity contribution is 0.399. The smallest absolute Gasteiger partial charge is 0.227 e. The Bertz CT molecular complexity index is 1080. The molecular formula is C26H36N6O. The maximum atomic E-state index is 7.00. The number of rotatable bonds is 5. The third-order valence-electron chi connectivity index (χ3n) is 6.57. The molecule has 4 heterocycles. The van der Waals surface area contributed by atoms with Crippen LogP contribution in [-0.4, -0.2) is 53.3 Å². The molecule has 1 unspecified atom stereocenters. The van der Waals surface area contributed by atoms with Crippen LogP contribution in [0.5, 0.6) is 0 Å². The molecule has 3 aromatic rings. The average molecular weight is 449 g/mol. The van der Waals surface area contributed by atoms with Crippen molar-refractivity contribution in [2.24, 2.45) is 5.92 Å². The van der Waals surface area contributed by atoms with Gasteiger partial charge in [0.1, 0.15) is 11.6 Å². The minimum Gasteiger partial charge on any atom is -0.400 e. The number of hydrogen-bond acceptors (Lipinski definition) is 7. The van der Waals surface area contributed by atoms with E-state index in [-0.39, 0.29) is 0 Å². The summed E-state index contributed by atoms with van der Waals surface area (Å²) in [6, 6.07) is 8.65. The summed E-state index contributed by atoms with van der Waals surface area (Å²) in [5.74, 6) is 3.56. The van der Waals surface area contributed by atoms with Crippen molar-refractivity contribution >= 4 is 34.0 Å². The number of piperidine rings is 1.